The monoisotopic (exact) mass is 225 g/mol. The van der Waals surface area contributed by atoms with Crippen LogP contribution < -0.4 is 5.32 Å². The van der Waals surface area contributed by atoms with Crippen molar-refractivity contribution in [3.8, 4) is 0 Å². The highest BCUT2D eigenvalue weighted by molar-refractivity contribution is 5.86. The fourth-order valence-corrected chi connectivity index (χ4v) is 3.25. The highest BCUT2D eigenvalue weighted by Gasteiger charge is 2.28. The lowest BCUT2D eigenvalue weighted by Gasteiger charge is -2.21. The molecule has 88 valence electrons. The van der Waals surface area contributed by atoms with Crippen LogP contribution in [0.15, 0.2) is 42.5 Å². The SMILES string of the molecule is CNC1CCCC1c1cccc2ccccc12. The van der Waals surface area contributed by atoms with Crippen molar-refractivity contribution in [3.05, 3.63) is 48.0 Å². The minimum atomic E-state index is 0.654. The third-order valence-electron chi connectivity index (χ3n) is 4.11. The first-order valence-electron chi connectivity index (χ1n) is 6.55. The number of benzene rings is 2. The highest BCUT2D eigenvalue weighted by atomic mass is 14.9. The maximum absolute atomic E-state index is 3.48. The Morgan fingerprint density at radius 3 is 2.71 bits per heavy atom. The van der Waals surface area contributed by atoms with Crippen molar-refractivity contribution in [3.63, 3.8) is 0 Å². The Morgan fingerprint density at radius 2 is 1.82 bits per heavy atom. The van der Waals surface area contributed by atoms with E-state index in [1.54, 1.807) is 0 Å². The van der Waals surface area contributed by atoms with Crippen molar-refractivity contribution < 1.29 is 0 Å². The summed E-state index contributed by atoms with van der Waals surface area (Å²) in [5.74, 6) is 0.686. The van der Waals surface area contributed by atoms with Crippen LogP contribution in [0.2, 0.25) is 0 Å². The molecule has 0 radical (unpaired) electrons. The Morgan fingerprint density at radius 1 is 1.00 bits per heavy atom. The van der Waals surface area contributed by atoms with Gasteiger partial charge < -0.3 is 5.32 Å². The second kappa shape index (κ2) is 4.50. The smallest absolute Gasteiger partial charge is 0.0133 e. The van der Waals surface area contributed by atoms with Crippen molar-refractivity contribution in [2.24, 2.45) is 0 Å². The van der Waals surface area contributed by atoms with Gasteiger partial charge in [-0.2, -0.15) is 0 Å². The fraction of sp³-hybridized carbons (Fsp3) is 0.375. The summed E-state index contributed by atoms with van der Waals surface area (Å²) in [4.78, 5) is 0. The first kappa shape index (κ1) is 10.8. The van der Waals surface area contributed by atoms with E-state index >= 15 is 0 Å². The number of hydrogen-bond donors (Lipinski definition) is 1. The van der Waals surface area contributed by atoms with Crippen molar-refractivity contribution in [1.29, 1.82) is 0 Å². The number of fused-ring (bicyclic) bond motifs is 1. The summed E-state index contributed by atoms with van der Waals surface area (Å²) in [5, 5.41) is 6.28. The molecular weight excluding hydrogens is 206 g/mol. The lowest BCUT2D eigenvalue weighted by atomic mass is 9.90. The van der Waals surface area contributed by atoms with Crippen molar-refractivity contribution in [2.75, 3.05) is 7.05 Å². The molecule has 0 bridgehead atoms. The molecule has 0 heterocycles. The van der Waals surface area contributed by atoms with Crippen molar-refractivity contribution in [2.45, 2.75) is 31.2 Å². The van der Waals surface area contributed by atoms with Gasteiger partial charge in [-0.15, -0.1) is 0 Å². The number of likely N-dealkylation sites (N-methyl/N-ethyl adjacent to an activating group) is 1. The van der Waals surface area contributed by atoms with E-state index in [0.717, 1.165) is 0 Å². The average Bonchev–Trinajstić information content (AvgIpc) is 2.86. The Kier molecular flexibility index (Phi) is 2.86. The molecule has 2 atom stereocenters. The van der Waals surface area contributed by atoms with Gasteiger partial charge in [-0.3, -0.25) is 0 Å². The van der Waals surface area contributed by atoms with Gasteiger partial charge in [0.2, 0.25) is 0 Å². The van der Waals surface area contributed by atoms with E-state index in [1.165, 1.54) is 35.6 Å². The molecule has 2 aromatic rings. The quantitative estimate of drug-likeness (QED) is 0.821. The molecule has 1 N–H and O–H groups in total. The second-order valence-electron chi connectivity index (χ2n) is 5.00. The summed E-state index contributed by atoms with van der Waals surface area (Å²) < 4.78 is 0. The van der Waals surface area contributed by atoms with Gasteiger partial charge in [-0.1, -0.05) is 48.9 Å². The largest absolute Gasteiger partial charge is 0.316 e. The molecule has 1 saturated carbocycles. The van der Waals surface area contributed by atoms with E-state index in [-0.39, 0.29) is 0 Å². The zero-order valence-corrected chi connectivity index (χ0v) is 10.3. The van der Waals surface area contributed by atoms with Gasteiger partial charge in [0.15, 0.2) is 0 Å². The molecule has 1 fully saturated rings. The first-order chi connectivity index (χ1) is 8.40. The Bertz CT molecular complexity index is 512. The third-order valence-corrected chi connectivity index (χ3v) is 4.11. The van der Waals surface area contributed by atoms with E-state index in [0.29, 0.717) is 12.0 Å². The molecule has 0 saturated heterocycles. The van der Waals surface area contributed by atoms with Crippen LogP contribution in [-0.2, 0) is 0 Å². The number of hydrogen-bond acceptors (Lipinski definition) is 1. The Labute approximate surface area is 103 Å². The minimum Gasteiger partial charge on any atom is -0.316 e. The van der Waals surface area contributed by atoms with Crippen LogP contribution in [0, 0.1) is 0 Å². The third kappa shape index (κ3) is 1.85. The Balaban J connectivity index is 2.10. The van der Waals surface area contributed by atoms with Gasteiger partial charge in [-0.25, -0.2) is 0 Å². The molecule has 0 spiro atoms. The maximum atomic E-state index is 3.48. The summed E-state index contributed by atoms with van der Waals surface area (Å²) in [6.45, 7) is 0. The van der Waals surface area contributed by atoms with E-state index in [2.05, 4.69) is 54.8 Å². The van der Waals surface area contributed by atoms with Crippen LogP contribution in [0.3, 0.4) is 0 Å². The van der Waals surface area contributed by atoms with E-state index < -0.39 is 0 Å². The minimum absolute atomic E-state index is 0.654. The second-order valence-corrected chi connectivity index (χ2v) is 5.00. The number of nitrogens with one attached hydrogen (secondary N) is 1. The van der Waals surface area contributed by atoms with Gasteiger partial charge >= 0.3 is 0 Å². The lowest BCUT2D eigenvalue weighted by molar-refractivity contribution is 0.524. The maximum Gasteiger partial charge on any atom is 0.0133 e. The van der Waals surface area contributed by atoms with Gasteiger partial charge in [0.05, 0.1) is 0 Å². The molecule has 1 aliphatic rings. The zero-order chi connectivity index (χ0) is 11.7. The van der Waals surface area contributed by atoms with Crippen LogP contribution in [0.5, 0.6) is 0 Å². The normalized spacial score (nSPS) is 24.3. The van der Waals surface area contributed by atoms with Crippen LogP contribution in [0.25, 0.3) is 10.8 Å². The summed E-state index contributed by atoms with van der Waals surface area (Å²) in [7, 11) is 2.09. The Hall–Kier alpha value is -1.34. The topological polar surface area (TPSA) is 12.0 Å². The molecule has 3 rings (SSSR count). The van der Waals surface area contributed by atoms with Crippen LogP contribution in [0.4, 0.5) is 0 Å². The molecule has 2 unspecified atom stereocenters. The zero-order valence-electron chi connectivity index (χ0n) is 10.3. The summed E-state index contributed by atoms with van der Waals surface area (Å²) in [6.07, 6.45) is 3.98. The molecule has 0 aliphatic heterocycles. The average molecular weight is 225 g/mol. The fourth-order valence-electron chi connectivity index (χ4n) is 3.25. The summed E-state index contributed by atoms with van der Waals surface area (Å²) in [5.41, 5.74) is 1.53. The molecule has 1 aliphatic carbocycles. The van der Waals surface area contributed by atoms with Crippen LogP contribution >= 0.6 is 0 Å². The van der Waals surface area contributed by atoms with Crippen molar-refractivity contribution >= 4 is 10.8 Å². The van der Waals surface area contributed by atoms with E-state index in [9.17, 15) is 0 Å². The molecule has 1 heteroatoms. The predicted molar refractivity (Wildman–Crippen MR) is 73.4 cm³/mol. The lowest BCUT2D eigenvalue weighted by Crippen LogP contribution is -2.27. The van der Waals surface area contributed by atoms with Gasteiger partial charge in [0.1, 0.15) is 0 Å². The summed E-state index contributed by atoms with van der Waals surface area (Å²) >= 11 is 0. The van der Waals surface area contributed by atoms with E-state index in [1.807, 2.05) is 0 Å². The van der Waals surface area contributed by atoms with Gasteiger partial charge in [0, 0.05) is 6.04 Å². The molecule has 0 aromatic heterocycles. The van der Waals surface area contributed by atoms with Gasteiger partial charge in [0.25, 0.3) is 0 Å². The molecule has 2 aromatic carbocycles. The van der Waals surface area contributed by atoms with Crippen molar-refractivity contribution in [1.82, 2.24) is 5.32 Å². The first-order valence-corrected chi connectivity index (χ1v) is 6.55. The number of rotatable bonds is 2. The van der Waals surface area contributed by atoms with Gasteiger partial charge in [-0.05, 0) is 42.1 Å². The summed E-state index contributed by atoms with van der Waals surface area (Å²) in [6, 6.07) is 16.1. The molecule has 0 amide bonds. The van der Waals surface area contributed by atoms with Crippen LogP contribution in [0.1, 0.15) is 30.7 Å². The van der Waals surface area contributed by atoms with E-state index in [4.69, 9.17) is 0 Å². The van der Waals surface area contributed by atoms with Crippen LogP contribution in [-0.4, -0.2) is 13.1 Å². The predicted octanol–water partition coefficient (Wildman–Crippen LogP) is 3.70. The molecule has 1 nitrogen and oxygen atoms in total. The highest BCUT2D eigenvalue weighted by Crippen LogP contribution is 2.37. The standard InChI is InChI=1S/C16H19N/c1-17-16-11-5-10-15(16)14-9-4-7-12-6-2-3-8-13(12)14/h2-4,6-9,15-17H,5,10-11H2,1H3. The molecule has 17 heavy (non-hydrogen) atoms. The molecular formula is C16H19N.